The van der Waals surface area contributed by atoms with E-state index < -0.39 is 29.4 Å². The van der Waals surface area contributed by atoms with E-state index in [-0.39, 0.29) is 23.4 Å². The van der Waals surface area contributed by atoms with E-state index in [1.54, 1.807) is 42.9 Å². The minimum absolute atomic E-state index is 0. The average molecular weight is 520 g/mol. The second kappa shape index (κ2) is 8.72. The summed E-state index contributed by atoms with van der Waals surface area (Å²) in [5.41, 5.74) is 7.59. The summed E-state index contributed by atoms with van der Waals surface area (Å²) in [7, 11) is 1.71. The van der Waals surface area contributed by atoms with Gasteiger partial charge in [-0.3, -0.25) is 14.3 Å². The third-order valence-corrected chi connectivity index (χ3v) is 6.55. The number of pyridine rings is 1. The van der Waals surface area contributed by atoms with Gasteiger partial charge in [-0.25, -0.2) is 4.98 Å². The Bertz CT molecular complexity index is 1470. The molecule has 0 unspecified atom stereocenters. The highest BCUT2D eigenvalue weighted by Gasteiger charge is 2.49. The van der Waals surface area contributed by atoms with Gasteiger partial charge in [0.2, 0.25) is 0 Å². The predicted molar refractivity (Wildman–Crippen MR) is 133 cm³/mol. The Labute approximate surface area is 210 Å². The Morgan fingerprint density at radius 3 is 2.33 bits per heavy atom. The van der Waals surface area contributed by atoms with Gasteiger partial charge in [0.25, 0.3) is 5.56 Å². The van der Waals surface area contributed by atoms with Crippen molar-refractivity contribution in [1.82, 2.24) is 19.1 Å². The number of hydrogen-bond acceptors (Lipinski definition) is 5. The summed E-state index contributed by atoms with van der Waals surface area (Å²) >= 11 is 0. The monoisotopic (exact) mass is 519 g/mol. The first kappa shape index (κ1) is 25.9. The molecule has 0 radical (unpaired) electrons. The number of aryl methyl sites for hydroxylation is 1. The summed E-state index contributed by atoms with van der Waals surface area (Å²) in [6.45, 7) is 0.317. The minimum atomic E-state index is -4.57. The molecule has 0 saturated heterocycles. The molecule has 3 N–H and O–H groups in total. The van der Waals surface area contributed by atoms with Crippen LogP contribution in [0.3, 0.4) is 0 Å². The van der Waals surface area contributed by atoms with Crippen LogP contribution in [0.1, 0.15) is 25.3 Å². The van der Waals surface area contributed by atoms with Gasteiger partial charge in [0.15, 0.2) is 0 Å². The second-order valence-electron chi connectivity index (χ2n) is 9.57. The number of hydrogen-bond donors (Lipinski definition) is 2. The lowest BCUT2D eigenvalue weighted by Gasteiger charge is -2.49. The van der Waals surface area contributed by atoms with Crippen molar-refractivity contribution in [1.29, 1.82) is 0 Å². The van der Waals surface area contributed by atoms with Crippen molar-refractivity contribution in [3.05, 3.63) is 70.9 Å². The maximum Gasteiger partial charge on any atom is 0.406 e. The molecule has 0 spiro atoms. The minimum Gasteiger partial charge on any atom is -0.390 e. The summed E-state index contributed by atoms with van der Waals surface area (Å²) in [5, 5.41) is 10.2. The summed E-state index contributed by atoms with van der Waals surface area (Å²) in [5.74, 6) is 0. The van der Waals surface area contributed by atoms with Crippen LogP contribution in [0.4, 0.5) is 13.2 Å². The van der Waals surface area contributed by atoms with Crippen LogP contribution in [0, 0.1) is 0 Å². The van der Waals surface area contributed by atoms with Crippen molar-refractivity contribution >= 4 is 23.4 Å². The van der Waals surface area contributed by atoms with Gasteiger partial charge in [-0.2, -0.15) is 13.2 Å². The summed E-state index contributed by atoms with van der Waals surface area (Å²) in [4.78, 5) is 21.8. The highest BCUT2D eigenvalue weighted by Crippen LogP contribution is 2.46. The van der Waals surface area contributed by atoms with Crippen molar-refractivity contribution in [2.24, 2.45) is 12.8 Å². The number of nitrogens with zero attached hydrogens (tertiary/aromatic N) is 4. The lowest BCUT2D eigenvalue weighted by Crippen LogP contribution is -2.58. The van der Waals surface area contributed by atoms with Crippen LogP contribution in [0.5, 0.6) is 0 Å². The predicted octanol–water partition coefficient (Wildman–Crippen LogP) is 4.15. The third kappa shape index (κ3) is 4.40. The van der Waals surface area contributed by atoms with Crippen LogP contribution in [0.25, 0.3) is 33.5 Å². The quantitative estimate of drug-likeness (QED) is 0.422. The molecule has 1 aliphatic rings. The number of halogens is 4. The van der Waals surface area contributed by atoms with Crippen LogP contribution in [-0.2, 0) is 19.1 Å². The second-order valence-corrected chi connectivity index (χ2v) is 9.57. The molecule has 1 aliphatic carbocycles. The van der Waals surface area contributed by atoms with Gasteiger partial charge in [0.1, 0.15) is 18.5 Å². The molecule has 3 heterocycles. The number of aliphatic hydroxyl groups is 1. The normalized spacial score (nSPS) is 21.8. The molecular weight excluding hydrogens is 495 g/mol. The summed E-state index contributed by atoms with van der Waals surface area (Å²) < 4.78 is 41.5. The SMILES string of the molecule is Cl.Cn1c(-c2ccc([C@]3(N)C[C@](C)(O)C3)cc2)c(-c2ccccn2)c2c(=O)n(CC(F)(F)F)cnc21. The molecule has 0 amide bonds. The lowest BCUT2D eigenvalue weighted by atomic mass is 9.63. The van der Waals surface area contributed by atoms with Gasteiger partial charge in [-0.15, -0.1) is 12.4 Å². The van der Waals surface area contributed by atoms with Crippen molar-refractivity contribution in [3.63, 3.8) is 0 Å². The number of aromatic nitrogens is 4. The molecule has 5 rings (SSSR count). The van der Waals surface area contributed by atoms with Crippen LogP contribution in [-0.4, -0.2) is 36.0 Å². The first-order valence-electron chi connectivity index (χ1n) is 11.1. The molecule has 0 aliphatic heterocycles. The van der Waals surface area contributed by atoms with E-state index in [4.69, 9.17) is 5.73 Å². The smallest absolute Gasteiger partial charge is 0.390 e. The molecule has 1 saturated carbocycles. The zero-order valence-corrected chi connectivity index (χ0v) is 20.4. The lowest BCUT2D eigenvalue weighted by molar-refractivity contribution is -0.141. The zero-order chi connectivity index (χ0) is 25.2. The molecule has 0 bridgehead atoms. The number of benzene rings is 1. The largest absolute Gasteiger partial charge is 0.406 e. The first-order valence-corrected chi connectivity index (χ1v) is 11.1. The number of nitrogens with two attached hydrogens (primary N) is 1. The fourth-order valence-electron chi connectivity index (χ4n) is 5.22. The molecular formula is C25H25ClF3N5O2. The standard InChI is InChI=1S/C25H24F3N5O2.ClH/c1-23(35)11-24(29,12-23)16-8-6-15(7-9-16)20-18(17-5-3-4-10-30-17)19-21(32(20)2)31-14-33(22(19)34)13-25(26,27)28;/h3-10,14,35H,11-13,29H2,1-2H3;1H/t23-,24-;. The molecule has 36 heavy (non-hydrogen) atoms. The maximum absolute atomic E-state index is 13.2. The zero-order valence-electron chi connectivity index (χ0n) is 19.6. The molecule has 1 aromatic carbocycles. The van der Waals surface area contributed by atoms with Gasteiger partial charge in [-0.05, 0) is 43.0 Å². The fraction of sp³-hybridized carbons (Fsp3) is 0.320. The Morgan fingerprint density at radius 1 is 1.11 bits per heavy atom. The van der Waals surface area contributed by atoms with Gasteiger partial charge < -0.3 is 15.4 Å². The number of rotatable bonds is 4. The Morgan fingerprint density at radius 2 is 1.78 bits per heavy atom. The van der Waals surface area contributed by atoms with Crippen LogP contribution in [0.2, 0.25) is 0 Å². The van der Waals surface area contributed by atoms with E-state index in [0.717, 1.165) is 17.5 Å². The average Bonchev–Trinajstić information content (AvgIpc) is 3.07. The first-order chi connectivity index (χ1) is 16.4. The van der Waals surface area contributed by atoms with E-state index in [1.165, 1.54) is 0 Å². The van der Waals surface area contributed by atoms with E-state index in [2.05, 4.69) is 9.97 Å². The molecule has 11 heteroatoms. The van der Waals surface area contributed by atoms with Gasteiger partial charge in [-0.1, -0.05) is 30.3 Å². The molecule has 7 nitrogen and oxygen atoms in total. The van der Waals surface area contributed by atoms with Crippen molar-refractivity contribution in [2.75, 3.05) is 0 Å². The van der Waals surface area contributed by atoms with E-state index in [1.807, 2.05) is 24.3 Å². The molecule has 1 fully saturated rings. The van der Waals surface area contributed by atoms with E-state index >= 15 is 0 Å². The highest BCUT2D eigenvalue weighted by molar-refractivity contribution is 6.01. The fourth-order valence-corrected chi connectivity index (χ4v) is 5.22. The Hall–Kier alpha value is -3.21. The highest BCUT2D eigenvalue weighted by atomic mass is 35.5. The van der Waals surface area contributed by atoms with Crippen LogP contribution >= 0.6 is 12.4 Å². The maximum atomic E-state index is 13.2. The van der Waals surface area contributed by atoms with Crippen LogP contribution < -0.4 is 11.3 Å². The van der Waals surface area contributed by atoms with Crippen LogP contribution in [0.15, 0.2) is 59.8 Å². The third-order valence-electron chi connectivity index (χ3n) is 6.55. The number of fused-ring (bicyclic) bond motifs is 1. The number of alkyl halides is 3. The Balaban J connectivity index is 0.00000304. The molecule has 4 aromatic rings. The molecule has 190 valence electrons. The molecule has 3 aromatic heterocycles. The summed E-state index contributed by atoms with van der Waals surface area (Å²) in [6, 6.07) is 12.6. The van der Waals surface area contributed by atoms with Crippen molar-refractivity contribution in [3.8, 4) is 22.5 Å². The van der Waals surface area contributed by atoms with Crippen molar-refractivity contribution < 1.29 is 18.3 Å². The van der Waals surface area contributed by atoms with Gasteiger partial charge >= 0.3 is 6.18 Å². The topological polar surface area (TPSA) is 99.0 Å². The van der Waals surface area contributed by atoms with Gasteiger partial charge in [0.05, 0.1) is 22.4 Å². The Kier molecular flexibility index (Phi) is 6.27. The van der Waals surface area contributed by atoms with E-state index in [9.17, 15) is 23.1 Å². The summed E-state index contributed by atoms with van der Waals surface area (Å²) in [6.07, 6.45) is -1.20. The van der Waals surface area contributed by atoms with Crippen molar-refractivity contribution in [2.45, 2.75) is 43.6 Å². The molecule has 0 atom stereocenters. The van der Waals surface area contributed by atoms with E-state index in [0.29, 0.717) is 34.4 Å². The van der Waals surface area contributed by atoms with Gasteiger partial charge in [0, 0.05) is 24.3 Å².